The Morgan fingerprint density at radius 3 is 2.79 bits per heavy atom. The highest BCUT2D eigenvalue weighted by molar-refractivity contribution is 5.95. The van der Waals surface area contributed by atoms with Crippen LogP contribution in [0.5, 0.6) is 0 Å². The number of nitrogens with zero attached hydrogens (tertiary/aromatic N) is 4. The Morgan fingerprint density at radius 2 is 1.93 bits per heavy atom. The molecule has 0 saturated heterocycles. The lowest BCUT2D eigenvalue weighted by molar-refractivity contribution is 0.628. The van der Waals surface area contributed by atoms with Crippen molar-refractivity contribution in [1.82, 2.24) is 18.9 Å². The summed E-state index contributed by atoms with van der Waals surface area (Å²) in [5.74, 6) is -0.324. The van der Waals surface area contributed by atoms with E-state index in [1.807, 2.05) is 48.0 Å². The largest absolute Gasteiger partial charge is 0.309 e. The van der Waals surface area contributed by atoms with E-state index < -0.39 is 0 Å². The van der Waals surface area contributed by atoms with E-state index in [-0.39, 0.29) is 11.4 Å². The van der Waals surface area contributed by atoms with Gasteiger partial charge in [-0.1, -0.05) is 18.2 Å². The normalized spacial score (nSPS) is 11.4. The third kappa shape index (κ3) is 3.08. The molecule has 0 aliphatic rings. The van der Waals surface area contributed by atoms with Gasteiger partial charge in [-0.25, -0.2) is 9.37 Å². The monoisotopic (exact) mass is 384 g/mol. The molecule has 5 aromatic rings. The molecular weight excluding hydrogens is 367 g/mol. The molecule has 0 radical (unpaired) electrons. The number of hydrogen-bond acceptors (Lipinski definition) is 3. The second kappa shape index (κ2) is 6.67. The summed E-state index contributed by atoms with van der Waals surface area (Å²) in [5, 5.41) is 1.24. The quantitative estimate of drug-likeness (QED) is 0.468. The number of rotatable bonds is 3. The van der Waals surface area contributed by atoms with E-state index in [1.165, 1.54) is 12.1 Å². The van der Waals surface area contributed by atoms with Crippen LogP contribution < -0.4 is 5.56 Å². The molecule has 0 amide bonds. The van der Waals surface area contributed by atoms with Crippen LogP contribution in [0.1, 0.15) is 11.3 Å². The van der Waals surface area contributed by atoms with Gasteiger partial charge >= 0.3 is 0 Å². The van der Waals surface area contributed by atoms with Gasteiger partial charge in [0.05, 0.1) is 17.6 Å². The molecule has 29 heavy (non-hydrogen) atoms. The van der Waals surface area contributed by atoms with Crippen molar-refractivity contribution in [2.24, 2.45) is 0 Å². The van der Waals surface area contributed by atoms with Gasteiger partial charge in [0.25, 0.3) is 5.56 Å². The van der Waals surface area contributed by atoms with E-state index in [1.54, 1.807) is 29.2 Å². The molecule has 0 bridgehead atoms. The lowest BCUT2D eigenvalue weighted by Gasteiger charge is -2.09. The fourth-order valence-electron chi connectivity index (χ4n) is 3.62. The van der Waals surface area contributed by atoms with E-state index in [2.05, 4.69) is 9.97 Å². The molecule has 0 atom stereocenters. The first kappa shape index (κ1) is 17.3. The van der Waals surface area contributed by atoms with Crippen molar-refractivity contribution in [3.8, 4) is 11.1 Å². The number of aryl methyl sites for hydroxylation is 1. The average molecular weight is 384 g/mol. The molecule has 0 fully saturated rings. The molecule has 142 valence electrons. The summed E-state index contributed by atoms with van der Waals surface area (Å²) in [4.78, 5) is 21.9. The molecule has 0 aliphatic heterocycles. The van der Waals surface area contributed by atoms with Gasteiger partial charge in [-0.3, -0.25) is 9.78 Å². The number of imidazole rings is 1. The fraction of sp³-hybridized carbons (Fsp3) is 0.0870. The van der Waals surface area contributed by atoms with Crippen molar-refractivity contribution in [2.45, 2.75) is 13.5 Å². The lowest BCUT2D eigenvalue weighted by atomic mass is 10.0. The predicted octanol–water partition coefficient (Wildman–Crippen LogP) is 4.21. The van der Waals surface area contributed by atoms with Gasteiger partial charge in [-0.05, 0) is 47.7 Å². The molecule has 4 heterocycles. The zero-order chi connectivity index (χ0) is 20.0. The Bertz CT molecular complexity index is 1430. The van der Waals surface area contributed by atoms with E-state index in [0.29, 0.717) is 17.5 Å². The summed E-state index contributed by atoms with van der Waals surface area (Å²) in [7, 11) is 0. The summed E-state index contributed by atoms with van der Waals surface area (Å²) in [5.41, 5.74) is 4.05. The minimum atomic E-state index is -0.324. The predicted molar refractivity (Wildman–Crippen MR) is 110 cm³/mol. The van der Waals surface area contributed by atoms with Crippen LogP contribution in [0.25, 0.3) is 27.5 Å². The van der Waals surface area contributed by atoms with Gasteiger partial charge in [0.1, 0.15) is 11.5 Å². The summed E-state index contributed by atoms with van der Waals surface area (Å²) < 4.78 is 17.2. The minimum Gasteiger partial charge on any atom is -0.309 e. The first-order valence-corrected chi connectivity index (χ1v) is 9.26. The van der Waals surface area contributed by atoms with Crippen LogP contribution in [-0.4, -0.2) is 18.9 Å². The Morgan fingerprint density at radius 1 is 1.03 bits per heavy atom. The molecule has 0 unspecified atom stereocenters. The smallest absolute Gasteiger partial charge is 0.260 e. The molecule has 1 aromatic carbocycles. The molecule has 0 N–H and O–H groups in total. The Labute approximate surface area is 165 Å². The van der Waals surface area contributed by atoms with Crippen molar-refractivity contribution in [3.63, 3.8) is 0 Å². The topological polar surface area (TPSA) is 52.2 Å². The van der Waals surface area contributed by atoms with E-state index >= 15 is 0 Å². The molecule has 5 rings (SSSR count). The van der Waals surface area contributed by atoms with Crippen molar-refractivity contribution >= 4 is 16.4 Å². The van der Waals surface area contributed by atoms with Crippen LogP contribution in [0.15, 0.2) is 78.2 Å². The number of aromatic nitrogens is 4. The first-order valence-electron chi connectivity index (χ1n) is 9.26. The minimum absolute atomic E-state index is 0.151. The zero-order valence-corrected chi connectivity index (χ0v) is 15.7. The van der Waals surface area contributed by atoms with Crippen LogP contribution in [0.2, 0.25) is 0 Å². The standard InChI is InChI=1S/C23H17FN4O/c1-15-5-6-22-26-18(14-28(22)12-15)13-27-8-7-19-20(10-25-11-21(19)23(27)29)16-3-2-4-17(24)9-16/h2-12,14H,13H2,1H3. The molecule has 6 heteroatoms. The fourth-order valence-corrected chi connectivity index (χ4v) is 3.62. The van der Waals surface area contributed by atoms with Gasteiger partial charge in [-0.2, -0.15) is 0 Å². The number of fused-ring (bicyclic) bond motifs is 2. The highest BCUT2D eigenvalue weighted by atomic mass is 19.1. The second-order valence-corrected chi connectivity index (χ2v) is 7.11. The maximum Gasteiger partial charge on any atom is 0.260 e. The van der Waals surface area contributed by atoms with Gasteiger partial charge in [0.2, 0.25) is 0 Å². The number of halogens is 1. The van der Waals surface area contributed by atoms with Crippen molar-refractivity contribution in [2.75, 3.05) is 0 Å². The number of pyridine rings is 3. The van der Waals surface area contributed by atoms with Crippen LogP contribution in [0.3, 0.4) is 0 Å². The molecule has 4 aromatic heterocycles. The summed E-state index contributed by atoms with van der Waals surface area (Å²) in [6, 6.07) is 12.1. The Hall–Kier alpha value is -3.80. The van der Waals surface area contributed by atoms with Gasteiger partial charge in [0.15, 0.2) is 0 Å². The van der Waals surface area contributed by atoms with E-state index in [0.717, 1.165) is 27.9 Å². The molecule has 5 nitrogen and oxygen atoms in total. The van der Waals surface area contributed by atoms with Gasteiger partial charge in [-0.15, -0.1) is 0 Å². The van der Waals surface area contributed by atoms with Crippen molar-refractivity contribution in [3.05, 3.63) is 101 Å². The maximum atomic E-state index is 13.7. The third-order valence-electron chi connectivity index (χ3n) is 5.02. The first-order chi connectivity index (χ1) is 14.1. The number of benzene rings is 1. The van der Waals surface area contributed by atoms with Crippen molar-refractivity contribution < 1.29 is 4.39 Å². The molecule has 0 aliphatic carbocycles. The van der Waals surface area contributed by atoms with Crippen LogP contribution in [-0.2, 0) is 6.54 Å². The number of hydrogen-bond donors (Lipinski definition) is 0. The zero-order valence-electron chi connectivity index (χ0n) is 15.7. The van der Waals surface area contributed by atoms with E-state index in [4.69, 9.17) is 0 Å². The average Bonchev–Trinajstić information content (AvgIpc) is 3.11. The lowest BCUT2D eigenvalue weighted by Crippen LogP contribution is -2.20. The summed E-state index contributed by atoms with van der Waals surface area (Å²) >= 11 is 0. The van der Waals surface area contributed by atoms with E-state index in [9.17, 15) is 9.18 Å². The Kier molecular flexibility index (Phi) is 3.98. The SMILES string of the molecule is Cc1ccc2nc(Cn3ccc4c(-c5cccc(F)c5)cncc4c3=O)cn2c1. The highest BCUT2D eigenvalue weighted by Crippen LogP contribution is 2.26. The molecule has 0 saturated carbocycles. The van der Waals surface area contributed by atoms with Crippen LogP contribution in [0.4, 0.5) is 4.39 Å². The molecule has 0 spiro atoms. The summed E-state index contributed by atoms with van der Waals surface area (Å²) in [6.07, 6.45) is 8.91. The van der Waals surface area contributed by atoms with Crippen LogP contribution >= 0.6 is 0 Å². The summed E-state index contributed by atoms with van der Waals surface area (Å²) in [6.45, 7) is 2.38. The second-order valence-electron chi connectivity index (χ2n) is 7.11. The highest BCUT2D eigenvalue weighted by Gasteiger charge is 2.11. The molecular formula is C23H17FN4O. The third-order valence-corrected chi connectivity index (χ3v) is 5.02. The van der Waals surface area contributed by atoms with Gasteiger partial charge < -0.3 is 8.97 Å². The maximum absolute atomic E-state index is 13.7. The Balaban J connectivity index is 1.59. The van der Waals surface area contributed by atoms with Crippen molar-refractivity contribution in [1.29, 1.82) is 0 Å². The van der Waals surface area contributed by atoms with Crippen LogP contribution in [0, 0.1) is 12.7 Å². The van der Waals surface area contributed by atoms with Gasteiger partial charge in [0, 0.05) is 36.5 Å².